The van der Waals surface area contributed by atoms with Gasteiger partial charge >= 0.3 is 5.97 Å². The minimum absolute atomic E-state index is 0.0181. The summed E-state index contributed by atoms with van der Waals surface area (Å²) in [6, 6.07) is 8.47. The summed E-state index contributed by atoms with van der Waals surface area (Å²) >= 11 is 14.0. The third kappa shape index (κ3) is 7.44. The molecule has 4 rings (SSSR count). The van der Waals surface area contributed by atoms with Crippen LogP contribution in [0.25, 0.3) is 0 Å². The molecule has 1 aromatic heterocycles. The second kappa shape index (κ2) is 12.9. The first-order chi connectivity index (χ1) is 19.7. The van der Waals surface area contributed by atoms with Gasteiger partial charge < -0.3 is 15.3 Å². The standard InChI is InChI=1S/C32H39Cl2N3O4S/c1-19(2)20-8-13-32(14-9-20)36-28(21-16-22(33)18-23(34)17-21)30(41)37(32)24(10-12-31(3,4)5)25-6-7-26(42-25)29(40)35-15-11-27(38)39/h6-7,16-18,20,24H,1,8-15H2,2-5H3,(H,35,40)(H,38,39). The minimum atomic E-state index is -0.972. The number of nitrogens with one attached hydrogen (secondary N) is 1. The molecule has 2 amide bonds. The van der Waals surface area contributed by atoms with Gasteiger partial charge in [-0.05, 0) is 87.1 Å². The van der Waals surface area contributed by atoms with Crippen LogP contribution in [0, 0.1) is 11.3 Å². The molecule has 2 heterocycles. The van der Waals surface area contributed by atoms with E-state index in [1.165, 1.54) is 11.3 Å². The average Bonchev–Trinajstić information content (AvgIpc) is 3.48. The van der Waals surface area contributed by atoms with E-state index in [4.69, 9.17) is 33.3 Å². The van der Waals surface area contributed by atoms with Crippen molar-refractivity contribution in [3.05, 3.63) is 67.8 Å². The van der Waals surface area contributed by atoms with Crippen molar-refractivity contribution in [2.45, 2.75) is 84.3 Å². The van der Waals surface area contributed by atoms with Gasteiger partial charge in [0.25, 0.3) is 11.8 Å². The van der Waals surface area contributed by atoms with E-state index in [0.29, 0.717) is 51.4 Å². The van der Waals surface area contributed by atoms with Gasteiger partial charge in [0.05, 0.1) is 17.3 Å². The maximum Gasteiger partial charge on any atom is 0.305 e. The number of halogens is 2. The Balaban J connectivity index is 1.75. The van der Waals surface area contributed by atoms with Crippen LogP contribution < -0.4 is 5.32 Å². The number of aliphatic imine (C=N–C) groups is 1. The Morgan fingerprint density at radius 1 is 1.19 bits per heavy atom. The van der Waals surface area contributed by atoms with Crippen LogP contribution in [-0.2, 0) is 9.59 Å². The number of aliphatic carboxylic acids is 1. The maximum atomic E-state index is 14.5. The molecule has 2 aromatic rings. The number of carbonyl (C=O) groups is 3. The molecule has 1 saturated carbocycles. The summed E-state index contributed by atoms with van der Waals surface area (Å²) in [5.74, 6) is -1.08. The molecule has 1 atom stereocenters. The largest absolute Gasteiger partial charge is 0.481 e. The van der Waals surface area contributed by atoms with Crippen molar-refractivity contribution in [2.24, 2.45) is 16.3 Å². The number of thiophene rings is 1. The number of amides is 2. The van der Waals surface area contributed by atoms with Crippen LogP contribution in [0.2, 0.25) is 10.0 Å². The summed E-state index contributed by atoms with van der Waals surface area (Å²) in [7, 11) is 0. The Hall–Kier alpha value is -2.68. The molecule has 7 nitrogen and oxygen atoms in total. The van der Waals surface area contributed by atoms with Gasteiger partial charge in [-0.1, -0.05) is 56.1 Å². The average molecular weight is 633 g/mol. The second-order valence-electron chi connectivity index (χ2n) is 12.6. The van der Waals surface area contributed by atoms with Crippen molar-refractivity contribution in [2.75, 3.05) is 6.54 Å². The molecule has 1 aliphatic heterocycles. The number of benzene rings is 1. The van der Waals surface area contributed by atoms with Crippen molar-refractivity contribution in [1.29, 1.82) is 0 Å². The molecule has 0 radical (unpaired) electrons. The number of hydrogen-bond acceptors (Lipinski definition) is 5. The lowest BCUT2D eigenvalue weighted by Gasteiger charge is -2.45. The first kappa shape index (κ1) is 32.2. The van der Waals surface area contributed by atoms with Gasteiger partial charge in [-0.25, -0.2) is 0 Å². The zero-order valence-electron chi connectivity index (χ0n) is 24.6. The summed E-state index contributed by atoms with van der Waals surface area (Å²) in [6.45, 7) is 12.8. The monoisotopic (exact) mass is 631 g/mol. The third-order valence-corrected chi connectivity index (χ3v) is 9.71. The Bertz CT molecular complexity index is 1380. The smallest absolute Gasteiger partial charge is 0.305 e. The molecule has 2 N–H and O–H groups in total. The molecular formula is C32H39Cl2N3O4S. The summed E-state index contributed by atoms with van der Waals surface area (Å²) in [6.07, 6.45) is 4.55. The Labute approximate surface area is 262 Å². The molecule has 1 fully saturated rings. The van der Waals surface area contributed by atoms with E-state index in [0.717, 1.165) is 29.7 Å². The minimum Gasteiger partial charge on any atom is -0.481 e. The second-order valence-corrected chi connectivity index (χ2v) is 14.6. The number of hydrogen-bond donors (Lipinski definition) is 2. The van der Waals surface area contributed by atoms with E-state index in [-0.39, 0.29) is 36.2 Å². The van der Waals surface area contributed by atoms with Crippen LogP contribution in [0.15, 0.2) is 47.5 Å². The zero-order valence-corrected chi connectivity index (χ0v) is 27.0. The predicted octanol–water partition coefficient (Wildman–Crippen LogP) is 7.92. The molecular weight excluding hydrogens is 593 g/mol. The number of carboxylic acid groups (broad SMARTS) is 1. The molecule has 2 aliphatic rings. The fourth-order valence-electron chi connectivity index (χ4n) is 5.84. The zero-order chi connectivity index (χ0) is 30.8. The van der Waals surface area contributed by atoms with Gasteiger partial charge in [0.1, 0.15) is 11.4 Å². The van der Waals surface area contributed by atoms with E-state index >= 15 is 0 Å². The predicted molar refractivity (Wildman–Crippen MR) is 170 cm³/mol. The summed E-state index contributed by atoms with van der Waals surface area (Å²) in [5, 5.41) is 12.5. The van der Waals surface area contributed by atoms with Gasteiger partial charge in [-0.15, -0.1) is 11.3 Å². The number of carbonyl (C=O) groups excluding carboxylic acids is 2. The molecule has 1 spiro atoms. The van der Waals surface area contributed by atoms with Crippen LogP contribution in [0.1, 0.15) is 98.8 Å². The number of rotatable bonds is 10. The lowest BCUT2D eigenvalue weighted by atomic mass is 9.77. The lowest BCUT2D eigenvalue weighted by molar-refractivity contribution is -0.137. The van der Waals surface area contributed by atoms with Crippen LogP contribution >= 0.6 is 34.5 Å². The topological polar surface area (TPSA) is 99.1 Å². The van der Waals surface area contributed by atoms with Gasteiger partial charge in [-0.2, -0.15) is 0 Å². The highest BCUT2D eigenvalue weighted by Crippen LogP contribution is 2.49. The normalized spacial score (nSPS) is 21.4. The van der Waals surface area contributed by atoms with Crippen molar-refractivity contribution in [3.8, 4) is 0 Å². The Kier molecular flexibility index (Phi) is 9.90. The number of carboxylic acids is 1. The summed E-state index contributed by atoms with van der Waals surface area (Å²) < 4.78 is 0. The van der Waals surface area contributed by atoms with Gasteiger partial charge in [0.2, 0.25) is 0 Å². The SMILES string of the molecule is C=C(C)C1CCC2(CC1)N=C(c1cc(Cl)cc(Cl)c1)C(=O)N2C(CCC(C)(C)C)c1ccc(C(=O)NCCC(=O)O)s1. The van der Waals surface area contributed by atoms with E-state index in [1.54, 1.807) is 24.3 Å². The van der Waals surface area contributed by atoms with Crippen molar-refractivity contribution in [3.63, 3.8) is 0 Å². The van der Waals surface area contributed by atoms with Crippen molar-refractivity contribution in [1.82, 2.24) is 10.2 Å². The number of nitrogens with zero attached hydrogens (tertiary/aromatic N) is 2. The van der Waals surface area contributed by atoms with Gasteiger partial charge in [-0.3, -0.25) is 19.4 Å². The molecule has 0 bridgehead atoms. The van der Waals surface area contributed by atoms with Crippen LogP contribution in [0.4, 0.5) is 0 Å². The van der Waals surface area contributed by atoms with Gasteiger partial charge in [0, 0.05) is 27.0 Å². The van der Waals surface area contributed by atoms with Gasteiger partial charge in [0.15, 0.2) is 0 Å². The van der Waals surface area contributed by atoms with Crippen LogP contribution in [-0.4, -0.2) is 45.7 Å². The third-order valence-electron chi connectivity index (χ3n) is 8.09. The maximum absolute atomic E-state index is 14.5. The fraction of sp³-hybridized carbons (Fsp3) is 0.500. The molecule has 1 aromatic carbocycles. The van der Waals surface area contributed by atoms with Crippen LogP contribution in [0.3, 0.4) is 0 Å². The van der Waals surface area contributed by atoms with Crippen molar-refractivity contribution >= 4 is 58.0 Å². The molecule has 0 saturated heterocycles. The van der Waals surface area contributed by atoms with Crippen LogP contribution in [0.5, 0.6) is 0 Å². The van der Waals surface area contributed by atoms with E-state index in [9.17, 15) is 14.4 Å². The van der Waals surface area contributed by atoms with E-state index < -0.39 is 11.6 Å². The molecule has 1 unspecified atom stereocenters. The van der Waals surface area contributed by atoms with E-state index in [1.807, 2.05) is 11.0 Å². The molecule has 1 aliphatic carbocycles. The molecule has 10 heteroatoms. The number of allylic oxidation sites excluding steroid dienone is 1. The Morgan fingerprint density at radius 3 is 2.40 bits per heavy atom. The summed E-state index contributed by atoms with van der Waals surface area (Å²) in [4.78, 5) is 46.7. The highest BCUT2D eigenvalue weighted by Gasteiger charge is 2.52. The quantitative estimate of drug-likeness (QED) is 0.260. The lowest BCUT2D eigenvalue weighted by Crippen LogP contribution is -2.50. The highest BCUT2D eigenvalue weighted by molar-refractivity contribution is 7.14. The summed E-state index contributed by atoms with van der Waals surface area (Å²) in [5.41, 5.74) is 1.39. The highest BCUT2D eigenvalue weighted by atomic mass is 35.5. The molecule has 42 heavy (non-hydrogen) atoms. The first-order valence-corrected chi connectivity index (χ1v) is 15.9. The molecule has 226 valence electrons. The Morgan fingerprint density at radius 2 is 1.83 bits per heavy atom. The van der Waals surface area contributed by atoms with Crippen molar-refractivity contribution < 1.29 is 19.5 Å². The van der Waals surface area contributed by atoms with E-state index in [2.05, 4.69) is 39.6 Å². The first-order valence-electron chi connectivity index (χ1n) is 14.3. The fourth-order valence-corrected chi connectivity index (χ4v) is 7.42.